The summed E-state index contributed by atoms with van der Waals surface area (Å²) in [4.78, 5) is 38.2. The highest BCUT2D eigenvalue weighted by Crippen LogP contribution is 2.20. The molecule has 6 nitrogen and oxygen atoms in total. The summed E-state index contributed by atoms with van der Waals surface area (Å²) in [5.74, 6) is 0.249. The maximum Gasteiger partial charge on any atom is 0.329 e. The Morgan fingerprint density at radius 3 is 2.82 bits per heavy atom. The van der Waals surface area contributed by atoms with Gasteiger partial charge in [0.1, 0.15) is 6.04 Å². The molecule has 2 rings (SSSR count). The summed E-state index contributed by atoms with van der Waals surface area (Å²) < 4.78 is 1.26. The normalized spacial score (nSPS) is 19.9. The van der Waals surface area contributed by atoms with Gasteiger partial charge in [0.25, 0.3) is 5.56 Å². The smallest absolute Gasteiger partial charge is 0.329 e. The van der Waals surface area contributed by atoms with Crippen LogP contribution in [0.25, 0.3) is 0 Å². The van der Waals surface area contributed by atoms with Crippen LogP contribution in [0.4, 0.5) is 0 Å². The molecule has 1 fully saturated rings. The number of rotatable bonds is 3. The van der Waals surface area contributed by atoms with E-state index in [1.54, 1.807) is 4.90 Å². The van der Waals surface area contributed by atoms with E-state index in [-0.39, 0.29) is 5.91 Å². The van der Waals surface area contributed by atoms with Crippen molar-refractivity contribution >= 4 is 17.5 Å². The number of hydrogen-bond acceptors (Lipinski definition) is 3. The molecule has 1 saturated heterocycles. The minimum Gasteiger partial charge on any atom is -0.340 e. The van der Waals surface area contributed by atoms with Gasteiger partial charge in [-0.05, 0) is 6.42 Å². The molecule has 0 saturated carbocycles. The first-order valence-electron chi connectivity index (χ1n) is 5.29. The summed E-state index contributed by atoms with van der Waals surface area (Å²) in [6.07, 6.45) is 1.91. The Morgan fingerprint density at radius 1 is 1.41 bits per heavy atom. The molecular weight excluding hydrogens is 246 g/mol. The predicted molar refractivity (Wildman–Crippen MR) is 62.3 cm³/mol. The molecule has 7 heteroatoms. The molecule has 1 amide bonds. The molecule has 1 atom stereocenters. The fourth-order valence-electron chi connectivity index (χ4n) is 1.98. The molecule has 1 aliphatic rings. The molecule has 2 heterocycles. The van der Waals surface area contributed by atoms with Gasteiger partial charge in [0, 0.05) is 31.2 Å². The van der Waals surface area contributed by atoms with Crippen molar-refractivity contribution in [3.63, 3.8) is 0 Å². The Hall–Kier alpha value is -1.56. The van der Waals surface area contributed by atoms with Crippen LogP contribution in [0, 0.1) is 0 Å². The van der Waals surface area contributed by atoms with Gasteiger partial charge in [0.05, 0.1) is 0 Å². The van der Waals surface area contributed by atoms with E-state index in [1.165, 1.54) is 16.8 Å². The van der Waals surface area contributed by atoms with Gasteiger partial charge in [0.15, 0.2) is 0 Å². The Balaban J connectivity index is 2.27. The predicted octanol–water partition coefficient (Wildman–Crippen LogP) is -0.451. The SMILES string of the molecule is O=C1[C@H](n2ccc(=O)[nH]c2=O)CCN1CCCl. The van der Waals surface area contributed by atoms with E-state index in [1.807, 2.05) is 0 Å². The first kappa shape index (κ1) is 11.9. The number of nitrogens with zero attached hydrogens (tertiary/aromatic N) is 2. The third kappa shape index (κ3) is 2.26. The molecule has 1 N–H and O–H groups in total. The number of likely N-dealkylation sites (tertiary alicyclic amines) is 1. The summed E-state index contributed by atoms with van der Waals surface area (Å²) >= 11 is 5.58. The number of carbonyl (C=O) groups is 1. The van der Waals surface area contributed by atoms with Gasteiger partial charge in [-0.25, -0.2) is 4.79 Å². The molecule has 0 bridgehead atoms. The van der Waals surface area contributed by atoms with Crippen molar-refractivity contribution in [2.45, 2.75) is 12.5 Å². The molecule has 92 valence electrons. The number of aromatic nitrogens is 2. The summed E-state index contributed by atoms with van der Waals surface area (Å²) in [7, 11) is 0. The molecule has 0 aromatic carbocycles. The van der Waals surface area contributed by atoms with E-state index in [2.05, 4.69) is 4.98 Å². The number of carbonyl (C=O) groups excluding carboxylic acids is 1. The maximum absolute atomic E-state index is 11.9. The van der Waals surface area contributed by atoms with Crippen molar-refractivity contribution in [2.75, 3.05) is 19.0 Å². The van der Waals surface area contributed by atoms with Crippen LogP contribution >= 0.6 is 11.6 Å². The summed E-state index contributed by atoms with van der Waals surface area (Å²) in [5, 5.41) is 0. The largest absolute Gasteiger partial charge is 0.340 e. The second-order valence-corrected chi connectivity index (χ2v) is 4.21. The van der Waals surface area contributed by atoms with Crippen LogP contribution in [0.5, 0.6) is 0 Å². The van der Waals surface area contributed by atoms with Gasteiger partial charge in [-0.3, -0.25) is 19.1 Å². The molecule has 1 aromatic rings. The highest BCUT2D eigenvalue weighted by Gasteiger charge is 2.32. The molecule has 1 aromatic heterocycles. The minimum absolute atomic E-state index is 0.125. The zero-order valence-electron chi connectivity index (χ0n) is 9.06. The summed E-state index contributed by atoms with van der Waals surface area (Å²) in [5.41, 5.74) is -1.02. The highest BCUT2D eigenvalue weighted by molar-refractivity contribution is 6.18. The molecular formula is C10H12ClN3O3. The number of nitrogens with one attached hydrogen (secondary N) is 1. The lowest BCUT2D eigenvalue weighted by molar-refractivity contribution is -0.130. The lowest BCUT2D eigenvalue weighted by Crippen LogP contribution is -2.36. The Morgan fingerprint density at radius 2 is 2.18 bits per heavy atom. The number of H-pyrrole nitrogens is 1. The Labute approximate surface area is 102 Å². The number of amides is 1. The zero-order valence-corrected chi connectivity index (χ0v) is 9.81. The first-order valence-corrected chi connectivity index (χ1v) is 5.83. The van der Waals surface area contributed by atoms with Crippen LogP contribution < -0.4 is 11.2 Å². The topological polar surface area (TPSA) is 75.2 Å². The third-order valence-electron chi connectivity index (χ3n) is 2.81. The highest BCUT2D eigenvalue weighted by atomic mass is 35.5. The quantitative estimate of drug-likeness (QED) is 0.745. The fourth-order valence-corrected chi connectivity index (χ4v) is 2.18. The van der Waals surface area contributed by atoms with E-state index in [9.17, 15) is 14.4 Å². The standard InChI is InChI=1S/C10H12ClN3O3/c11-3-6-13-4-1-7(9(13)16)14-5-2-8(15)12-10(14)17/h2,5,7H,1,3-4,6H2,(H,12,15,17)/t7-/m1/s1. The van der Waals surface area contributed by atoms with Crippen LogP contribution in [-0.4, -0.2) is 39.3 Å². The van der Waals surface area contributed by atoms with Crippen LogP contribution in [0.1, 0.15) is 12.5 Å². The van der Waals surface area contributed by atoms with Crippen molar-refractivity contribution in [1.29, 1.82) is 0 Å². The summed E-state index contributed by atoms with van der Waals surface area (Å²) in [6.45, 7) is 1.07. The van der Waals surface area contributed by atoms with Crippen LogP contribution in [0.3, 0.4) is 0 Å². The number of alkyl halides is 1. The second-order valence-electron chi connectivity index (χ2n) is 3.84. The lowest BCUT2D eigenvalue weighted by Gasteiger charge is -2.15. The maximum atomic E-state index is 11.9. The van der Waals surface area contributed by atoms with Crippen molar-refractivity contribution < 1.29 is 4.79 Å². The Bertz CT molecular complexity index is 536. The van der Waals surface area contributed by atoms with Gasteiger partial charge < -0.3 is 4.90 Å². The average molecular weight is 258 g/mol. The van der Waals surface area contributed by atoms with Crippen molar-refractivity contribution in [2.24, 2.45) is 0 Å². The molecule has 1 aliphatic heterocycles. The molecule has 0 radical (unpaired) electrons. The number of aromatic amines is 1. The van der Waals surface area contributed by atoms with Crippen molar-refractivity contribution in [1.82, 2.24) is 14.5 Å². The fraction of sp³-hybridized carbons (Fsp3) is 0.500. The van der Waals surface area contributed by atoms with Crippen molar-refractivity contribution in [3.8, 4) is 0 Å². The van der Waals surface area contributed by atoms with E-state index in [0.717, 1.165) is 0 Å². The number of halogens is 1. The van der Waals surface area contributed by atoms with Crippen LogP contribution in [0.2, 0.25) is 0 Å². The second kappa shape index (κ2) is 4.75. The number of hydrogen-bond donors (Lipinski definition) is 1. The average Bonchev–Trinajstić information content (AvgIpc) is 2.62. The zero-order chi connectivity index (χ0) is 12.4. The van der Waals surface area contributed by atoms with E-state index < -0.39 is 17.3 Å². The molecule has 0 aliphatic carbocycles. The monoisotopic (exact) mass is 257 g/mol. The van der Waals surface area contributed by atoms with E-state index in [0.29, 0.717) is 25.4 Å². The molecule has 17 heavy (non-hydrogen) atoms. The Kier molecular flexibility index (Phi) is 3.33. The van der Waals surface area contributed by atoms with E-state index >= 15 is 0 Å². The van der Waals surface area contributed by atoms with Gasteiger partial charge >= 0.3 is 5.69 Å². The molecule has 0 unspecified atom stereocenters. The first-order chi connectivity index (χ1) is 8.13. The third-order valence-corrected chi connectivity index (χ3v) is 2.98. The molecule has 0 spiro atoms. The van der Waals surface area contributed by atoms with Crippen molar-refractivity contribution in [3.05, 3.63) is 33.1 Å². The lowest BCUT2D eigenvalue weighted by atomic mass is 10.2. The summed E-state index contributed by atoms with van der Waals surface area (Å²) in [6, 6.07) is 0.710. The van der Waals surface area contributed by atoms with Gasteiger partial charge in [0.2, 0.25) is 5.91 Å². The van der Waals surface area contributed by atoms with Crippen LogP contribution in [0.15, 0.2) is 21.9 Å². The minimum atomic E-state index is -0.552. The van der Waals surface area contributed by atoms with Gasteiger partial charge in [-0.2, -0.15) is 0 Å². The van der Waals surface area contributed by atoms with Crippen LogP contribution in [-0.2, 0) is 4.79 Å². The van der Waals surface area contributed by atoms with Gasteiger partial charge in [-0.15, -0.1) is 11.6 Å². The van der Waals surface area contributed by atoms with Gasteiger partial charge in [-0.1, -0.05) is 0 Å². The van der Waals surface area contributed by atoms with E-state index in [4.69, 9.17) is 11.6 Å².